The minimum absolute atomic E-state index is 0.163. The van der Waals surface area contributed by atoms with Crippen molar-refractivity contribution in [3.05, 3.63) is 42.7 Å². The van der Waals surface area contributed by atoms with Crippen molar-refractivity contribution >= 4 is 28.2 Å². The first-order valence-corrected chi connectivity index (χ1v) is 7.84. The lowest BCUT2D eigenvalue weighted by Crippen LogP contribution is -2.17. The van der Waals surface area contributed by atoms with Gasteiger partial charge < -0.3 is 14.3 Å². The highest BCUT2D eigenvalue weighted by Crippen LogP contribution is 2.23. The molecular weight excluding hydrogens is 302 g/mol. The number of esters is 1. The number of benzene rings is 1. The second-order valence-electron chi connectivity index (χ2n) is 4.57. The Balaban J connectivity index is 1.91. The van der Waals surface area contributed by atoms with Gasteiger partial charge in [0.15, 0.2) is 4.90 Å². The van der Waals surface area contributed by atoms with E-state index in [4.69, 9.17) is 0 Å². The fraction of sp³-hybridized carbons (Fsp3) is 0.133. The summed E-state index contributed by atoms with van der Waals surface area (Å²) in [5.41, 5.74) is 2.44. The van der Waals surface area contributed by atoms with Gasteiger partial charge in [-0.3, -0.25) is 4.98 Å². The van der Waals surface area contributed by atoms with Crippen molar-refractivity contribution in [3.63, 3.8) is 0 Å². The van der Waals surface area contributed by atoms with Gasteiger partial charge in [0.25, 0.3) is 0 Å². The molecule has 0 fully saturated rings. The van der Waals surface area contributed by atoms with Crippen LogP contribution in [0.3, 0.4) is 0 Å². The fourth-order valence-corrected chi connectivity index (χ4v) is 3.02. The van der Waals surface area contributed by atoms with Crippen molar-refractivity contribution in [2.24, 2.45) is 0 Å². The molecule has 112 valence electrons. The smallest absolute Gasteiger partial charge is 0.356 e. The quantitative estimate of drug-likeness (QED) is 0.586. The Morgan fingerprint density at radius 3 is 3.05 bits per heavy atom. The highest BCUT2D eigenvalue weighted by molar-refractivity contribution is 7.92. The minimum Gasteiger partial charge on any atom is -0.611 e. The summed E-state index contributed by atoms with van der Waals surface area (Å²) in [7, 11) is 1.28. The standard InChI is InChI=1S/C15H13N3O3S/c1-21-14(19)9-22(20)11-4-2-3-10(7-11)15-17-12-5-6-16-8-13(12)18-15/h2-8H,9H2,1H3,(H,17,18). The largest absolute Gasteiger partial charge is 0.611 e. The van der Waals surface area contributed by atoms with Gasteiger partial charge in [-0.15, -0.1) is 0 Å². The Hall–Kier alpha value is -2.38. The monoisotopic (exact) mass is 315 g/mol. The van der Waals surface area contributed by atoms with Crippen LogP contribution < -0.4 is 0 Å². The van der Waals surface area contributed by atoms with Crippen LogP contribution in [0.4, 0.5) is 0 Å². The molecule has 22 heavy (non-hydrogen) atoms. The van der Waals surface area contributed by atoms with Crippen LogP contribution in [0.25, 0.3) is 22.4 Å². The first kappa shape index (κ1) is 14.6. The van der Waals surface area contributed by atoms with E-state index in [2.05, 4.69) is 19.7 Å². The Kier molecular flexibility index (Phi) is 4.08. The van der Waals surface area contributed by atoms with Crippen LogP contribution >= 0.6 is 0 Å². The van der Waals surface area contributed by atoms with Gasteiger partial charge >= 0.3 is 5.97 Å². The van der Waals surface area contributed by atoms with Gasteiger partial charge in [0.1, 0.15) is 11.3 Å². The second-order valence-corrected chi connectivity index (χ2v) is 6.02. The molecule has 0 aliphatic heterocycles. The van der Waals surface area contributed by atoms with Crippen LogP contribution in [0.2, 0.25) is 0 Å². The van der Waals surface area contributed by atoms with Crippen LogP contribution in [0.5, 0.6) is 0 Å². The van der Waals surface area contributed by atoms with Gasteiger partial charge in [0, 0.05) is 17.8 Å². The van der Waals surface area contributed by atoms with Gasteiger partial charge in [-0.2, -0.15) is 0 Å². The molecule has 0 radical (unpaired) electrons. The Morgan fingerprint density at radius 2 is 2.27 bits per heavy atom. The number of rotatable bonds is 4. The zero-order valence-electron chi connectivity index (χ0n) is 11.8. The van der Waals surface area contributed by atoms with Gasteiger partial charge in [-0.05, 0) is 23.3 Å². The SMILES string of the molecule is COC(=O)C[S+]([O-])c1cccc(-c2nc3cnccc3[nH]2)c1. The highest BCUT2D eigenvalue weighted by atomic mass is 32.2. The van der Waals surface area contributed by atoms with Crippen LogP contribution in [0.15, 0.2) is 47.6 Å². The van der Waals surface area contributed by atoms with Crippen molar-refractivity contribution in [2.75, 3.05) is 12.9 Å². The number of aromatic amines is 1. The molecule has 0 aliphatic rings. The minimum atomic E-state index is -1.44. The molecule has 0 saturated carbocycles. The van der Waals surface area contributed by atoms with Crippen molar-refractivity contribution in [2.45, 2.75) is 4.90 Å². The first-order chi connectivity index (χ1) is 10.7. The topological polar surface area (TPSA) is 90.9 Å². The molecule has 6 nitrogen and oxygen atoms in total. The fourth-order valence-electron chi connectivity index (χ4n) is 2.03. The first-order valence-electron chi connectivity index (χ1n) is 6.53. The maximum Gasteiger partial charge on any atom is 0.356 e. The summed E-state index contributed by atoms with van der Waals surface area (Å²) in [4.78, 5) is 23.4. The lowest BCUT2D eigenvalue weighted by molar-refractivity contribution is -0.137. The molecular formula is C15H13N3O3S. The van der Waals surface area contributed by atoms with Crippen molar-refractivity contribution in [1.82, 2.24) is 15.0 Å². The summed E-state index contributed by atoms with van der Waals surface area (Å²) in [6.45, 7) is 0. The third-order valence-electron chi connectivity index (χ3n) is 3.13. The van der Waals surface area contributed by atoms with Crippen LogP contribution in [-0.4, -0.2) is 38.3 Å². The summed E-state index contributed by atoms with van der Waals surface area (Å²) < 4.78 is 16.7. The number of ether oxygens (including phenoxy) is 1. The van der Waals surface area contributed by atoms with E-state index >= 15 is 0 Å². The molecule has 7 heteroatoms. The Labute approximate surface area is 129 Å². The number of methoxy groups -OCH3 is 1. The molecule has 1 atom stereocenters. The molecule has 3 rings (SSSR count). The predicted molar refractivity (Wildman–Crippen MR) is 82.6 cm³/mol. The number of hydrogen-bond donors (Lipinski definition) is 1. The molecule has 0 spiro atoms. The van der Waals surface area contributed by atoms with Gasteiger partial charge in [-0.1, -0.05) is 12.1 Å². The molecule has 0 amide bonds. The Bertz CT molecular complexity index is 785. The lowest BCUT2D eigenvalue weighted by Gasteiger charge is -2.09. The summed E-state index contributed by atoms with van der Waals surface area (Å²) in [6.07, 6.45) is 3.36. The molecule has 0 aliphatic carbocycles. The Morgan fingerprint density at radius 1 is 1.41 bits per heavy atom. The van der Waals surface area contributed by atoms with Gasteiger partial charge in [-0.25, -0.2) is 9.78 Å². The lowest BCUT2D eigenvalue weighted by atomic mass is 10.2. The van der Waals surface area contributed by atoms with E-state index in [1.54, 1.807) is 30.6 Å². The van der Waals surface area contributed by atoms with Crippen molar-refractivity contribution in [3.8, 4) is 11.4 Å². The summed E-state index contributed by atoms with van der Waals surface area (Å²) >= 11 is -1.44. The van der Waals surface area contributed by atoms with E-state index in [1.165, 1.54) is 7.11 Å². The van der Waals surface area contributed by atoms with E-state index < -0.39 is 17.1 Å². The molecule has 1 aromatic carbocycles. The normalized spacial score (nSPS) is 12.3. The van der Waals surface area contributed by atoms with Gasteiger partial charge in [0.05, 0.1) is 18.8 Å². The third-order valence-corrected chi connectivity index (χ3v) is 4.41. The number of hydrogen-bond acceptors (Lipinski definition) is 5. The molecule has 3 aromatic rings. The summed E-state index contributed by atoms with van der Waals surface area (Å²) in [6, 6.07) is 8.96. The van der Waals surface area contributed by atoms with E-state index in [-0.39, 0.29) is 5.75 Å². The maximum absolute atomic E-state index is 12.1. The van der Waals surface area contributed by atoms with Crippen molar-refractivity contribution < 1.29 is 14.1 Å². The summed E-state index contributed by atoms with van der Waals surface area (Å²) in [5.74, 6) is 0.00255. The average molecular weight is 315 g/mol. The molecule has 1 N–H and O–H groups in total. The van der Waals surface area contributed by atoms with Crippen molar-refractivity contribution in [1.29, 1.82) is 0 Å². The van der Waals surface area contributed by atoms with Crippen LogP contribution in [0, 0.1) is 0 Å². The number of nitrogens with one attached hydrogen (secondary N) is 1. The number of aromatic nitrogens is 3. The molecule has 1 unspecified atom stereocenters. The zero-order chi connectivity index (χ0) is 15.5. The number of H-pyrrole nitrogens is 1. The van der Waals surface area contributed by atoms with Crippen LogP contribution in [-0.2, 0) is 20.7 Å². The number of carbonyl (C=O) groups excluding carboxylic acids is 1. The highest BCUT2D eigenvalue weighted by Gasteiger charge is 2.18. The summed E-state index contributed by atoms with van der Waals surface area (Å²) in [5, 5.41) is 0. The second kappa shape index (κ2) is 6.17. The van der Waals surface area contributed by atoms with E-state index in [1.807, 2.05) is 12.1 Å². The maximum atomic E-state index is 12.1. The number of carbonyl (C=O) groups is 1. The zero-order valence-corrected chi connectivity index (χ0v) is 12.6. The average Bonchev–Trinajstić information content (AvgIpc) is 2.99. The third kappa shape index (κ3) is 2.95. The molecule has 0 bridgehead atoms. The molecule has 2 aromatic heterocycles. The molecule has 0 saturated heterocycles. The van der Waals surface area contributed by atoms with E-state index in [0.717, 1.165) is 16.6 Å². The number of fused-ring (bicyclic) bond motifs is 1. The van der Waals surface area contributed by atoms with Crippen LogP contribution in [0.1, 0.15) is 0 Å². The molecule has 2 heterocycles. The number of pyridine rings is 1. The van der Waals surface area contributed by atoms with E-state index in [9.17, 15) is 9.35 Å². The number of imidazole rings is 1. The van der Waals surface area contributed by atoms with Gasteiger partial charge in [0.2, 0.25) is 5.75 Å². The number of nitrogens with zero attached hydrogens (tertiary/aromatic N) is 2. The predicted octanol–water partition coefficient (Wildman–Crippen LogP) is 1.91. The van der Waals surface area contributed by atoms with E-state index in [0.29, 0.717) is 10.7 Å².